The van der Waals surface area contributed by atoms with Crippen LogP contribution in [0.15, 0.2) is 36.4 Å². The van der Waals surface area contributed by atoms with E-state index in [1.165, 1.54) is 11.8 Å². The number of anilines is 1. The van der Waals surface area contributed by atoms with Crippen LogP contribution >= 0.6 is 23.4 Å². The van der Waals surface area contributed by atoms with Crippen molar-refractivity contribution in [2.45, 2.75) is 20.8 Å². The highest BCUT2D eigenvalue weighted by Crippen LogP contribution is 2.20. The van der Waals surface area contributed by atoms with Crippen LogP contribution in [0.3, 0.4) is 0 Å². The molecule has 0 fully saturated rings. The second-order valence-electron chi connectivity index (χ2n) is 5.72. The number of nitrogens with one attached hydrogen (secondary N) is 1. The fourth-order valence-electron chi connectivity index (χ4n) is 2.19. The molecular weight excluding hydrogens is 342 g/mol. The molecule has 0 atom stereocenters. The number of carbonyl (C=O) groups is 2. The van der Waals surface area contributed by atoms with Gasteiger partial charge in [0.25, 0.3) is 0 Å². The maximum absolute atomic E-state index is 12.2. The van der Waals surface area contributed by atoms with Crippen molar-refractivity contribution in [1.82, 2.24) is 0 Å². The molecule has 0 saturated carbocycles. The van der Waals surface area contributed by atoms with Crippen molar-refractivity contribution in [3.05, 3.63) is 63.7 Å². The van der Waals surface area contributed by atoms with Crippen LogP contribution in [0.2, 0.25) is 5.02 Å². The molecule has 0 unspecified atom stereocenters. The van der Waals surface area contributed by atoms with E-state index in [2.05, 4.69) is 5.32 Å². The Morgan fingerprint density at radius 2 is 1.71 bits per heavy atom. The number of halogens is 1. The number of amides is 1. The van der Waals surface area contributed by atoms with Crippen LogP contribution in [0, 0.1) is 20.8 Å². The second kappa shape index (κ2) is 8.36. The molecular formula is C19H20ClNO2S. The quantitative estimate of drug-likeness (QED) is 0.750. The Kier molecular flexibility index (Phi) is 6.46. The Bertz CT molecular complexity index is 774. The van der Waals surface area contributed by atoms with Gasteiger partial charge in [-0.25, -0.2) is 0 Å². The highest BCUT2D eigenvalue weighted by Gasteiger charge is 2.10. The summed E-state index contributed by atoms with van der Waals surface area (Å²) < 4.78 is 0. The molecule has 1 amide bonds. The Balaban J connectivity index is 1.83. The lowest BCUT2D eigenvalue weighted by Crippen LogP contribution is -2.16. The Labute approximate surface area is 151 Å². The van der Waals surface area contributed by atoms with Gasteiger partial charge in [0.1, 0.15) is 0 Å². The fourth-order valence-corrected chi connectivity index (χ4v) is 3.13. The van der Waals surface area contributed by atoms with E-state index < -0.39 is 0 Å². The average molecular weight is 362 g/mol. The molecule has 0 spiro atoms. The van der Waals surface area contributed by atoms with Gasteiger partial charge in [-0.15, -0.1) is 11.8 Å². The van der Waals surface area contributed by atoms with Crippen LogP contribution in [-0.2, 0) is 4.79 Å². The molecule has 0 bridgehead atoms. The van der Waals surface area contributed by atoms with Gasteiger partial charge in [-0.05, 0) is 61.7 Å². The van der Waals surface area contributed by atoms with Crippen molar-refractivity contribution >= 4 is 40.7 Å². The molecule has 0 heterocycles. The van der Waals surface area contributed by atoms with Crippen LogP contribution in [0.1, 0.15) is 27.0 Å². The summed E-state index contributed by atoms with van der Waals surface area (Å²) in [5.41, 5.74) is 4.61. The van der Waals surface area contributed by atoms with E-state index in [0.29, 0.717) is 10.6 Å². The fraction of sp³-hybridized carbons (Fsp3) is 0.263. The van der Waals surface area contributed by atoms with E-state index in [1.54, 1.807) is 18.2 Å². The van der Waals surface area contributed by atoms with Crippen molar-refractivity contribution in [2.75, 3.05) is 16.8 Å². The van der Waals surface area contributed by atoms with Crippen LogP contribution in [0.5, 0.6) is 0 Å². The van der Waals surface area contributed by atoms with Gasteiger partial charge >= 0.3 is 0 Å². The first-order valence-electron chi connectivity index (χ1n) is 7.61. The van der Waals surface area contributed by atoms with E-state index in [1.807, 2.05) is 39.0 Å². The molecule has 5 heteroatoms. The molecule has 126 valence electrons. The van der Waals surface area contributed by atoms with Crippen molar-refractivity contribution < 1.29 is 9.59 Å². The van der Waals surface area contributed by atoms with Crippen LogP contribution in [0.25, 0.3) is 0 Å². The van der Waals surface area contributed by atoms with E-state index in [-0.39, 0.29) is 23.2 Å². The van der Waals surface area contributed by atoms with Gasteiger partial charge in [0.05, 0.1) is 11.5 Å². The van der Waals surface area contributed by atoms with Crippen molar-refractivity contribution in [1.29, 1.82) is 0 Å². The highest BCUT2D eigenvalue weighted by molar-refractivity contribution is 8.00. The van der Waals surface area contributed by atoms with Gasteiger partial charge in [-0.1, -0.05) is 23.7 Å². The van der Waals surface area contributed by atoms with Crippen LogP contribution in [0.4, 0.5) is 5.69 Å². The SMILES string of the molecule is Cc1ccc(C(=O)CSCC(=O)Nc2ccc(Cl)cc2C)cc1C. The molecule has 0 aliphatic heterocycles. The van der Waals surface area contributed by atoms with Gasteiger partial charge in [0.15, 0.2) is 5.78 Å². The normalized spacial score (nSPS) is 10.5. The molecule has 0 saturated heterocycles. The largest absolute Gasteiger partial charge is 0.325 e. The third kappa shape index (κ3) is 5.11. The minimum absolute atomic E-state index is 0.0403. The number of hydrogen-bond acceptors (Lipinski definition) is 3. The third-order valence-electron chi connectivity index (χ3n) is 3.76. The molecule has 2 rings (SSSR count). The highest BCUT2D eigenvalue weighted by atomic mass is 35.5. The molecule has 0 radical (unpaired) electrons. The Morgan fingerprint density at radius 3 is 2.38 bits per heavy atom. The summed E-state index contributed by atoms with van der Waals surface area (Å²) in [6.07, 6.45) is 0. The lowest BCUT2D eigenvalue weighted by Gasteiger charge is -2.08. The van der Waals surface area contributed by atoms with Gasteiger partial charge in [0.2, 0.25) is 5.91 Å². The van der Waals surface area contributed by atoms with Crippen LogP contribution in [-0.4, -0.2) is 23.2 Å². The molecule has 2 aromatic carbocycles. The third-order valence-corrected chi connectivity index (χ3v) is 4.93. The summed E-state index contributed by atoms with van der Waals surface area (Å²) in [5.74, 6) is 0.436. The molecule has 24 heavy (non-hydrogen) atoms. The number of benzene rings is 2. The van der Waals surface area contributed by atoms with Gasteiger partial charge < -0.3 is 5.32 Å². The summed E-state index contributed by atoms with van der Waals surface area (Å²) >= 11 is 7.21. The number of thioether (sulfide) groups is 1. The molecule has 3 nitrogen and oxygen atoms in total. The predicted molar refractivity (Wildman–Crippen MR) is 102 cm³/mol. The number of rotatable bonds is 6. The lowest BCUT2D eigenvalue weighted by atomic mass is 10.0. The first-order chi connectivity index (χ1) is 11.4. The predicted octanol–water partition coefficient (Wildman–Crippen LogP) is 4.82. The summed E-state index contributed by atoms with van der Waals surface area (Å²) in [6, 6.07) is 11.0. The topological polar surface area (TPSA) is 46.2 Å². The molecule has 0 aromatic heterocycles. The first-order valence-corrected chi connectivity index (χ1v) is 9.14. The molecule has 0 aliphatic carbocycles. The number of aryl methyl sites for hydroxylation is 3. The maximum atomic E-state index is 12.2. The summed E-state index contributed by atoms with van der Waals surface area (Å²) in [6.45, 7) is 5.89. The Hall–Kier alpha value is -1.78. The van der Waals surface area contributed by atoms with Crippen molar-refractivity contribution in [3.63, 3.8) is 0 Å². The van der Waals surface area contributed by atoms with E-state index >= 15 is 0 Å². The van der Waals surface area contributed by atoms with E-state index in [4.69, 9.17) is 11.6 Å². The van der Waals surface area contributed by atoms with E-state index in [9.17, 15) is 9.59 Å². The number of carbonyl (C=O) groups excluding carboxylic acids is 2. The second-order valence-corrected chi connectivity index (χ2v) is 7.14. The average Bonchev–Trinajstić information content (AvgIpc) is 2.52. The zero-order valence-corrected chi connectivity index (χ0v) is 15.6. The smallest absolute Gasteiger partial charge is 0.234 e. The Morgan fingerprint density at radius 1 is 0.958 bits per heavy atom. The minimum atomic E-state index is -0.127. The molecule has 1 N–H and O–H groups in total. The van der Waals surface area contributed by atoms with Gasteiger partial charge in [-0.3, -0.25) is 9.59 Å². The summed E-state index contributed by atoms with van der Waals surface area (Å²) in [5, 5.41) is 3.48. The number of hydrogen-bond donors (Lipinski definition) is 1. The zero-order chi connectivity index (χ0) is 17.7. The lowest BCUT2D eigenvalue weighted by molar-refractivity contribution is -0.113. The van der Waals surface area contributed by atoms with Crippen LogP contribution < -0.4 is 5.32 Å². The summed E-state index contributed by atoms with van der Waals surface area (Å²) in [7, 11) is 0. The first kappa shape index (κ1) is 18.6. The number of Topliss-reactive ketones (excluding diaryl/α,β-unsaturated/α-hetero) is 1. The standard InChI is InChI=1S/C19H20ClNO2S/c1-12-4-5-15(8-13(12)2)18(22)10-24-11-19(23)21-17-7-6-16(20)9-14(17)3/h4-9H,10-11H2,1-3H3,(H,21,23). The number of ketones is 1. The van der Waals surface area contributed by atoms with Gasteiger partial charge in [0, 0.05) is 16.3 Å². The molecule has 2 aromatic rings. The maximum Gasteiger partial charge on any atom is 0.234 e. The molecule has 0 aliphatic rings. The van der Waals surface area contributed by atoms with Crippen molar-refractivity contribution in [3.8, 4) is 0 Å². The van der Waals surface area contributed by atoms with Crippen molar-refractivity contribution in [2.24, 2.45) is 0 Å². The zero-order valence-electron chi connectivity index (χ0n) is 14.0. The van der Waals surface area contributed by atoms with E-state index in [0.717, 1.165) is 22.4 Å². The van der Waals surface area contributed by atoms with Gasteiger partial charge in [-0.2, -0.15) is 0 Å². The summed E-state index contributed by atoms with van der Waals surface area (Å²) in [4.78, 5) is 24.2. The minimum Gasteiger partial charge on any atom is -0.325 e. The monoisotopic (exact) mass is 361 g/mol.